The van der Waals surface area contributed by atoms with Gasteiger partial charge in [0.05, 0.1) is 17.0 Å². The first-order valence-electron chi connectivity index (χ1n) is 7.06. The maximum atomic E-state index is 13.1. The minimum atomic E-state index is -3.73. The molecule has 1 aromatic rings. The molecule has 4 unspecified atom stereocenters. The molecule has 0 aromatic heterocycles. The number of fused-ring (bicyclic) bond motifs is 1. The first-order valence-corrected chi connectivity index (χ1v) is 8.54. The lowest BCUT2D eigenvalue weighted by Gasteiger charge is -2.52. The number of ether oxygens (including phenoxy) is 1. The van der Waals surface area contributed by atoms with Gasteiger partial charge in [0.2, 0.25) is 10.0 Å². The maximum absolute atomic E-state index is 13.1. The minimum absolute atomic E-state index is 0.0790. The predicted molar refractivity (Wildman–Crippen MR) is 75.7 cm³/mol. The van der Waals surface area contributed by atoms with Crippen LogP contribution in [0.1, 0.15) is 18.4 Å². The monoisotopic (exact) mass is 314 g/mol. The van der Waals surface area contributed by atoms with Crippen molar-refractivity contribution in [2.45, 2.75) is 42.8 Å². The van der Waals surface area contributed by atoms with Gasteiger partial charge in [-0.2, -0.15) is 0 Å². The van der Waals surface area contributed by atoms with E-state index < -0.39 is 21.9 Å². The van der Waals surface area contributed by atoms with E-state index in [0.29, 0.717) is 12.2 Å². The number of benzene rings is 1. The highest BCUT2D eigenvalue weighted by atomic mass is 32.2. The second-order valence-corrected chi connectivity index (χ2v) is 7.46. The van der Waals surface area contributed by atoms with E-state index in [1.54, 1.807) is 6.92 Å². The molecule has 1 aliphatic heterocycles. The summed E-state index contributed by atoms with van der Waals surface area (Å²) in [7, 11) is -3.73. The zero-order valence-electron chi connectivity index (χ0n) is 11.8. The van der Waals surface area contributed by atoms with Crippen LogP contribution in [0.15, 0.2) is 23.1 Å². The van der Waals surface area contributed by atoms with Crippen molar-refractivity contribution in [2.24, 2.45) is 11.7 Å². The molecular formula is C14H19FN2O3S. The molecule has 1 saturated carbocycles. The maximum Gasteiger partial charge on any atom is 0.241 e. The Balaban J connectivity index is 1.80. The Bertz CT molecular complexity index is 650. The van der Waals surface area contributed by atoms with Gasteiger partial charge in [0.15, 0.2) is 0 Å². The summed E-state index contributed by atoms with van der Waals surface area (Å²) in [6.45, 7) is 2.21. The van der Waals surface area contributed by atoms with Gasteiger partial charge in [-0.25, -0.2) is 17.5 Å². The average Bonchev–Trinajstić information content (AvgIpc) is 2.44. The van der Waals surface area contributed by atoms with Crippen LogP contribution in [0.25, 0.3) is 0 Å². The topological polar surface area (TPSA) is 81.4 Å². The molecule has 5 nitrogen and oxygen atoms in total. The van der Waals surface area contributed by atoms with Crippen molar-refractivity contribution in [1.82, 2.24) is 4.72 Å². The summed E-state index contributed by atoms with van der Waals surface area (Å²) in [4.78, 5) is 0.0790. The molecule has 116 valence electrons. The van der Waals surface area contributed by atoms with E-state index in [1.807, 2.05) is 0 Å². The molecule has 1 saturated heterocycles. The average molecular weight is 314 g/mol. The summed E-state index contributed by atoms with van der Waals surface area (Å²) in [5, 5.41) is 0. The number of nitrogens with one attached hydrogen (secondary N) is 1. The zero-order valence-corrected chi connectivity index (χ0v) is 12.6. The van der Waals surface area contributed by atoms with Gasteiger partial charge in [-0.05, 0) is 43.5 Å². The first kappa shape index (κ1) is 14.9. The van der Waals surface area contributed by atoms with Crippen LogP contribution in [0, 0.1) is 18.7 Å². The van der Waals surface area contributed by atoms with E-state index >= 15 is 0 Å². The summed E-state index contributed by atoms with van der Waals surface area (Å²) in [6, 6.07) is 2.98. The Morgan fingerprint density at radius 3 is 2.90 bits per heavy atom. The van der Waals surface area contributed by atoms with E-state index in [2.05, 4.69) is 4.72 Å². The quantitative estimate of drug-likeness (QED) is 0.869. The lowest BCUT2D eigenvalue weighted by Crippen LogP contribution is -2.71. The van der Waals surface area contributed by atoms with Gasteiger partial charge in [0.1, 0.15) is 5.82 Å². The fourth-order valence-electron chi connectivity index (χ4n) is 3.25. The summed E-state index contributed by atoms with van der Waals surface area (Å²) in [6.07, 6.45) is 1.79. The van der Waals surface area contributed by atoms with Gasteiger partial charge >= 0.3 is 0 Å². The molecule has 0 radical (unpaired) electrons. The van der Waals surface area contributed by atoms with Crippen molar-refractivity contribution >= 4 is 10.0 Å². The normalized spacial score (nSPS) is 32.3. The molecule has 0 bridgehead atoms. The molecule has 1 aliphatic carbocycles. The van der Waals surface area contributed by atoms with Crippen LogP contribution >= 0.6 is 0 Å². The Hall–Kier alpha value is -1.02. The predicted octanol–water partition coefficient (Wildman–Crippen LogP) is 0.917. The first-order chi connectivity index (χ1) is 9.90. The van der Waals surface area contributed by atoms with Crippen LogP contribution in [0.2, 0.25) is 0 Å². The largest absolute Gasteiger partial charge is 0.376 e. The highest BCUT2D eigenvalue weighted by Crippen LogP contribution is 2.37. The van der Waals surface area contributed by atoms with E-state index in [9.17, 15) is 12.8 Å². The Labute approximate surface area is 123 Å². The highest BCUT2D eigenvalue weighted by Gasteiger charge is 2.51. The Morgan fingerprint density at radius 2 is 2.19 bits per heavy atom. The molecule has 0 amide bonds. The molecule has 2 fully saturated rings. The van der Waals surface area contributed by atoms with Crippen molar-refractivity contribution in [2.75, 3.05) is 6.61 Å². The molecule has 1 aromatic carbocycles. The van der Waals surface area contributed by atoms with Crippen molar-refractivity contribution in [1.29, 1.82) is 0 Å². The fourth-order valence-corrected chi connectivity index (χ4v) is 4.76. The second-order valence-electron chi connectivity index (χ2n) is 5.78. The summed E-state index contributed by atoms with van der Waals surface area (Å²) < 4.78 is 46.2. The number of rotatable bonds is 3. The van der Waals surface area contributed by atoms with E-state index in [4.69, 9.17) is 10.5 Å². The third-order valence-corrected chi connectivity index (χ3v) is 6.01. The van der Waals surface area contributed by atoms with Crippen LogP contribution < -0.4 is 10.5 Å². The molecule has 4 atom stereocenters. The van der Waals surface area contributed by atoms with Crippen molar-refractivity contribution < 1.29 is 17.5 Å². The van der Waals surface area contributed by atoms with Gasteiger partial charge in [0, 0.05) is 18.6 Å². The van der Waals surface area contributed by atoms with Crippen LogP contribution in [0.4, 0.5) is 4.39 Å². The van der Waals surface area contributed by atoms with E-state index in [1.165, 1.54) is 12.1 Å². The number of hydrogen-bond donors (Lipinski definition) is 2. The van der Waals surface area contributed by atoms with E-state index in [0.717, 1.165) is 18.9 Å². The van der Waals surface area contributed by atoms with Crippen molar-refractivity contribution in [3.05, 3.63) is 29.6 Å². The third-order valence-electron chi connectivity index (χ3n) is 4.39. The molecular weight excluding hydrogens is 295 g/mol. The third kappa shape index (κ3) is 2.59. The molecule has 0 spiro atoms. The number of sulfonamides is 1. The smallest absolute Gasteiger partial charge is 0.241 e. The molecule has 21 heavy (non-hydrogen) atoms. The molecule has 3 rings (SSSR count). The number of hydrogen-bond acceptors (Lipinski definition) is 4. The highest BCUT2D eigenvalue weighted by molar-refractivity contribution is 7.89. The molecule has 1 heterocycles. The van der Waals surface area contributed by atoms with E-state index in [-0.39, 0.29) is 23.0 Å². The fraction of sp³-hybridized carbons (Fsp3) is 0.571. The Kier molecular flexibility index (Phi) is 3.77. The molecule has 7 heteroatoms. The zero-order chi connectivity index (χ0) is 15.2. The van der Waals surface area contributed by atoms with Gasteiger partial charge in [-0.15, -0.1) is 0 Å². The Morgan fingerprint density at radius 1 is 1.43 bits per heavy atom. The van der Waals surface area contributed by atoms with Crippen molar-refractivity contribution in [3.63, 3.8) is 0 Å². The molecule has 2 aliphatic rings. The lowest BCUT2D eigenvalue weighted by molar-refractivity contribution is -0.114. The van der Waals surface area contributed by atoms with Gasteiger partial charge in [-0.1, -0.05) is 0 Å². The summed E-state index contributed by atoms with van der Waals surface area (Å²) in [5.41, 5.74) is 6.43. The number of nitrogens with two attached hydrogens (primary N) is 1. The SMILES string of the molecule is Cc1cc(F)ccc1S(=O)(=O)NC1C(N)C2CCCOC21. The van der Waals surface area contributed by atoms with Crippen LogP contribution in [-0.2, 0) is 14.8 Å². The lowest BCUT2D eigenvalue weighted by atomic mass is 9.69. The van der Waals surface area contributed by atoms with Crippen LogP contribution in [-0.4, -0.2) is 33.2 Å². The standard InChI is InChI=1S/C14H19FN2O3S/c1-8-7-9(15)4-5-11(8)21(18,19)17-13-12(16)10-3-2-6-20-14(10)13/h4-5,7,10,12-14,17H,2-3,6,16H2,1H3. The minimum Gasteiger partial charge on any atom is -0.376 e. The second kappa shape index (κ2) is 5.31. The van der Waals surface area contributed by atoms with Gasteiger partial charge in [0.25, 0.3) is 0 Å². The number of halogens is 1. The number of aryl methyl sites for hydroxylation is 1. The van der Waals surface area contributed by atoms with Crippen LogP contribution in [0.3, 0.4) is 0 Å². The summed E-state index contributed by atoms with van der Waals surface area (Å²) >= 11 is 0. The van der Waals surface area contributed by atoms with Crippen LogP contribution in [0.5, 0.6) is 0 Å². The van der Waals surface area contributed by atoms with Crippen molar-refractivity contribution in [3.8, 4) is 0 Å². The van der Waals surface area contributed by atoms with Gasteiger partial charge < -0.3 is 10.5 Å². The summed E-state index contributed by atoms with van der Waals surface area (Å²) in [5.74, 6) is -0.233. The molecule has 3 N–H and O–H groups in total. The van der Waals surface area contributed by atoms with Gasteiger partial charge in [-0.3, -0.25) is 0 Å².